The molecule has 1 aliphatic rings. The van der Waals surface area contributed by atoms with E-state index < -0.39 is 0 Å². The maximum absolute atomic E-state index is 4.35. The van der Waals surface area contributed by atoms with Crippen LogP contribution >= 0.6 is 0 Å². The first-order chi connectivity index (χ1) is 12.7. The van der Waals surface area contributed by atoms with Crippen molar-refractivity contribution < 1.29 is 0 Å². The second-order valence-corrected chi connectivity index (χ2v) is 7.53. The molecule has 0 amide bonds. The normalized spacial score (nSPS) is 16.4. The van der Waals surface area contributed by atoms with Gasteiger partial charge in [0.1, 0.15) is 0 Å². The maximum atomic E-state index is 4.35. The number of rotatable bonds is 4. The molecule has 1 aliphatic heterocycles. The summed E-state index contributed by atoms with van der Waals surface area (Å²) in [5.41, 5.74) is 7.75. The lowest BCUT2D eigenvalue weighted by Gasteiger charge is -2.31. The minimum atomic E-state index is 0.702. The molecule has 1 saturated heterocycles. The molecule has 0 bridgehead atoms. The number of aryl methyl sites for hydroxylation is 2. The van der Waals surface area contributed by atoms with Crippen LogP contribution in [-0.4, -0.2) is 34.5 Å². The second-order valence-electron chi connectivity index (χ2n) is 7.53. The summed E-state index contributed by atoms with van der Waals surface area (Å²) in [5.74, 6) is 0.702. The van der Waals surface area contributed by atoms with Crippen LogP contribution in [0.5, 0.6) is 0 Å². The van der Waals surface area contributed by atoms with Crippen LogP contribution in [0.1, 0.15) is 49.4 Å². The van der Waals surface area contributed by atoms with Gasteiger partial charge in [0.2, 0.25) is 0 Å². The first kappa shape index (κ1) is 17.3. The van der Waals surface area contributed by atoms with E-state index in [0.29, 0.717) is 5.92 Å². The molecule has 3 heteroatoms. The molecular formula is C23H29N3. The third-order valence-electron chi connectivity index (χ3n) is 5.98. The molecule has 1 N–H and O–H groups in total. The molecule has 3 heterocycles. The molecule has 26 heavy (non-hydrogen) atoms. The fourth-order valence-corrected chi connectivity index (χ4v) is 4.42. The molecule has 3 aromatic rings. The van der Waals surface area contributed by atoms with E-state index in [1.54, 1.807) is 0 Å². The fraction of sp³-hybridized carbons (Fsp3) is 0.435. The van der Waals surface area contributed by atoms with Gasteiger partial charge < -0.3 is 9.88 Å². The number of aromatic nitrogens is 2. The van der Waals surface area contributed by atoms with Crippen LogP contribution in [0.4, 0.5) is 0 Å². The van der Waals surface area contributed by atoms with Gasteiger partial charge in [-0.2, -0.15) is 0 Å². The number of piperidine rings is 1. The Kier molecular flexibility index (Phi) is 4.82. The highest BCUT2D eigenvalue weighted by Crippen LogP contribution is 2.35. The molecule has 1 aromatic carbocycles. The number of fused-ring (bicyclic) bond motifs is 1. The summed E-state index contributed by atoms with van der Waals surface area (Å²) in [6.07, 6.45) is 5.50. The lowest BCUT2D eigenvalue weighted by Crippen LogP contribution is -2.32. The Morgan fingerprint density at radius 1 is 1.12 bits per heavy atom. The van der Waals surface area contributed by atoms with Crippen LogP contribution in [-0.2, 0) is 6.42 Å². The third kappa shape index (κ3) is 3.16. The van der Waals surface area contributed by atoms with Crippen LogP contribution in [0.15, 0.2) is 36.5 Å². The highest BCUT2D eigenvalue weighted by Gasteiger charge is 2.21. The predicted octanol–water partition coefficient (Wildman–Crippen LogP) is 5.30. The smallest absolute Gasteiger partial charge is 0.0498 e. The number of nitrogens with zero attached hydrogens (tertiary/aromatic N) is 2. The highest BCUT2D eigenvalue weighted by atomic mass is 15.1. The van der Waals surface area contributed by atoms with Crippen LogP contribution in [0.25, 0.3) is 22.2 Å². The van der Waals surface area contributed by atoms with Crippen molar-refractivity contribution >= 4 is 10.9 Å². The van der Waals surface area contributed by atoms with E-state index in [2.05, 4.69) is 66.0 Å². The number of benzene rings is 1. The number of hydrogen-bond donors (Lipinski definition) is 1. The molecule has 1 fully saturated rings. The van der Waals surface area contributed by atoms with Gasteiger partial charge in [-0.1, -0.05) is 19.9 Å². The van der Waals surface area contributed by atoms with E-state index in [9.17, 15) is 0 Å². The molecule has 0 radical (unpaired) electrons. The van der Waals surface area contributed by atoms with Crippen molar-refractivity contribution in [2.24, 2.45) is 0 Å². The summed E-state index contributed by atoms with van der Waals surface area (Å²) in [4.78, 5) is 10.6. The molecule has 0 aliphatic carbocycles. The van der Waals surface area contributed by atoms with Gasteiger partial charge in [0.15, 0.2) is 0 Å². The summed E-state index contributed by atoms with van der Waals surface area (Å²) >= 11 is 0. The molecule has 3 nitrogen and oxygen atoms in total. The fourth-order valence-electron chi connectivity index (χ4n) is 4.42. The Morgan fingerprint density at radius 3 is 2.62 bits per heavy atom. The van der Waals surface area contributed by atoms with Crippen LogP contribution in [0, 0.1) is 6.92 Å². The standard InChI is InChI=1S/C23H29N3/c1-4-20-21-15-18(17-9-12-26(5-2)13-10-17)6-7-22(21)25-23(20)19-8-11-24-16(3)14-19/h6-8,11,14-15,17,25H,4-5,9-10,12-13H2,1-3H3. The first-order valence-corrected chi connectivity index (χ1v) is 9.99. The molecule has 0 unspecified atom stereocenters. The molecule has 0 atom stereocenters. The maximum Gasteiger partial charge on any atom is 0.0498 e. The van der Waals surface area contributed by atoms with Crippen molar-refractivity contribution in [3.63, 3.8) is 0 Å². The average Bonchev–Trinajstić information content (AvgIpc) is 3.06. The second kappa shape index (κ2) is 7.24. The van der Waals surface area contributed by atoms with E-state index >= 15 is 0 Å². The molecule has 4 rings (SSSR count). The van der Waals surface area contributed by atoms with Crippen molar-refractivity contribution in [2.45, 2.75) is 46.0 Å². The molecule has 0 saturated carbocycles. The monoisotopic (exact) mass is 347 g/mol. The van der Waals surface area contributed by atoms with E-state index in [4.69, 9.17) is 0 Å². The minimum Gasteiger partial charge on any atom is -0.354 e. The van der Waals surface area contributed by atoms with E-state index in [-0.39, 0.29) is 0 Å². The van der Waals surface area contributed by atoms with Crippen molar-refractivity contribution in [2.75, 3.05) is 19.6 Å². The Labute approximate surface area is 156 Å². The average molecular weight is 348 g/mol. The number of pyridine rings is 1. The number of H-pyrrole nitrogens is 1. The SMILES string of the molecule is CCc1c(-c2ccnc(C)c2)[nH]c2ccc(C3CCN(CC)CC3)cc12. The summed E-state index contributed by atoms with van der Waals surface area (Å²) < 4.78 is 0. The third-order valence-corrected chi connectivity index (χ3v) is 5.98. The predicted molar refractivity (Wildman–Crippen MR) is 110 cm³/mol. The number of aromatic amines is 1. The topological polar surface area (TPSA) is 31.9 Å². The Morgan fingerprint density at radius 2 is 1.92 bits per heavy atom. The molecular weight excluding hydrogens is 318 g/mol. The van der Waals surface area contributed by atoms with E-state index in [1.807, 2.05) is 6.20 Å². The van der Waals surface area contributed by atoms with E-state index in [1.165, 1.54) is 65.8 Å². The van der Waals surface area contributed by atoms with Crippen molar-refractivity contribution in [3.05, 3.63) is 53.3 Å². The lowest BCUT2D eigenvalue weighted by atomic mass is 9.88. The number of nitrogens with one attached hydrogen (secondary N) is 1. The first-order valence-electron chi connectivity index (χ1n) is 9.99. The van der Waals surface area contributed by atoms with Gasteiger partial charge in [-0.3, -0.25) is 4.98 Å². The van der Waals surface area contributed by atoms with Gasteiger partial charge >= 0.3 is 0 Å². The Bertz CT molecular complexity index is 901. The summed E-state index contributed by atoms with van der Waals surface area (Å²) in [6, 6.07) is 11.4. The van der Waals surface area contributed by atoms with E-state index in [0.717, 1.165) is 12.1 Å². The number of likely N-dealkylation sites (tertiary alicyclic amines) is 1. The lowest BCUT2D eigenvalue weighted by molar-refractivity contribution is 0.222. The summed E-state index contributed by atoms with van der Waals surface area (Å²) in [7, 11) is 0. The van der Waals surface area contributed by atoms with Crippen molar-refractivity contribution in [1.29, 1.82) is 0 Å². The zero-order valence-corrected chi connectivity index (χ0v) is 16.2. The summed E-state index contributed by atoms with van der Waals surface area (Å²) in [6.45, 7) is 10.2. The van der Waals surface area contributed by atoms with Gasteiger partial charge in [0.25, 0.3) is 0 Å². The van der Waals surface area contributed by atoms with Gasteiger partial charge in [-0.15, -0.1) is 0 Å². The van der Waals surface area contributed by atoms with Crippen LogP contribution < -0.4 is 0 Å². The quantitative estimate of drug-likeness (QED) is 0.694. The Balaban J connectivity index is 1.72. The zero-order chi connectivity index (χ0) is 18.1. The van der Waals surface area contributed by atoms with Crippen LogP contribution in [0.3, 0.4) is 0 Å². The zero-order valence-electron chi connectivity index (χ0n) is 16.2. The molecule has 0 spiro atoms. The summed E-state index contributed by atoms with van der Waals surface area (Å²) in [5, 5.41) is 1.40. The number of hydrogen-bond acceptors (Lipinski definition) is 2. The van der Waals surface area contributed by atoms with Crippen molar-refractivity contribution in [1.82, 2.24) is 14.9 Å². The highest BCUT2D eigenvalue weighted by molar-refractivity contribution is 5.91. The molecule has 136 valence electrons. The minimum absolute atomic E-state index is 0.702. The van der Waals surface area contributed by atoms with Gasteiger partial charge in [0, 0.05) is 34.1 Å². The largest absolute Gasteiger partial charge is 0.354 e. The molecule has 2 aromatic heterocycles. The van der Waals surface area contributed by atoms with Gasteiger partial charge in [0.05, 0.1) is 0 Å². The van der Waals surface area contributed by atoms with Gasteiger partial charge in [-0.05, 0) is 87.1 Å². The van der Waals surface area contributed by atoms with Crippen molar-refractivity contribution in [3.8, 4) is 11.3 Å². The van der Waals surface area contributed by atoms with Gasteiger partial charge in [-0.25, -0.2) is 0 Å². The Hall–Kier alpha value is -2.13. The van der Waals surface area contributed by atoms with Crippen LogP contribution in [0.2, 0.25) is 0 Å².